The molecule has 0 atom stereocenters. The fourth-order valence-electron chi connectivity index (χ4n) is 6.16. The third kappa shape index (κ3) is 3.52. The van der Waals surface area contributed by atoms with Gasteiger partial charge in [0.2, 0.25) is 0 Å². The van der Waals surface area contributed by atoms with Gasteiger partial charge in [0.1, 0.15) is 0 Å². The van der Waals surface area contributed by atoms with E-state index in [0.29, 0.717) is 6.04 Å². The number of hydrogen-bond acceptors (Lipinski definition) is 2. The van der Waals surface area contributed by atoms with E-state index in [-0.39, 0.29) is 5.41 Å². The third-order valence-corrected chi connectivity index (χ3v) is 8.00. The van der Waals surface area contributed by atoms with Gasteiger partial charge in [-0.3, -0.25) is 0 Å². The SMILES string of the molecule is C1=CC2(CCN(CCNC3c4ccccc4CCc4ccccc43)CC2)c2ccccc21. The second kappa shape index (κ2) is 8.35. The first-order valence-corrected chi connectivity index (χ1v) is 12.2. The number of benzene rings is 3. The molecule has 162 valence electrons. The molecule has 2 aliphatic carbocycles. The van der Waals surface area contributed by atoms with Gasteiger partial charge in [-0.2, -0.15) is 0 Å². The van der Waals surface area contributed by atoms with E-state index in [1.165, 1.54) is 53.7 Å². The summed E-state index contributed by atoms with van der Waals surface area (Å²) in [6, 6.07) is 27.3. The van der Waals surface area contributed by atoms with Crippen molar-refractivity contribution in [2.45, 2.75) is 37.1 Å². The van der Waals surface area contributed by atoms with Crippen LogP contribution in [0.4, 0.5) is 0 Å². The summed E-state index contributed by atoms with van der Waals surface area (Å²) in [4.78, 5) is 2.65. The van der Waals surface area contributed by atoms with Crippen LogP contribution < -0.4 is 5.32 Å². The van der Waals surface area contributed by atoms with Gasteiger partial charge in [-0.1, -0.05) is 84.9 Å². The summed E-state index contributed by atoms with van der Waals surface area (Å²) in [5, 5.41) is 3.94. The molecule has 1 spiro atoms. The van der Waals surface area contributed by atoms with Crippen LogP contribution in [0.1, 0.15) is 52.3 Å². The van der Waals surface area contributed by atoms with Crippen molar-refractivity contribution in [3.63, 3.8) is 0 Å². The van der Waals surface area contributed by atoms with E-state index in [2.05, 4.69) is 95.2 Å². The number of hydrogen-bond donors (Lipinski definition) is 1. The summed E-state index contributed by atoms with van der Waals surface area (Å²) < 4.78 is 0. The number of rotatable bonds is 4. The average Bonchev–Trinajstić information content (AvgIpc) is 3.12. The first kappa shape index (κ1) is 20.0. The third-order valence-electron chi connectivity index (χ3n) is 8.00. The molecule has 3 aromatic rings. The van der Waals surface area contributed by atoms with Gasteiger partial charge in [0, 0.05) is 18.5 Å². The van der Waals surface area contributed by atoms with Crippen molar-refractivity contribution >= 4 is 6.08 Å². The highest BCUT2D eigenvalue weighted by atomic mass is 15.1. The van der Waals surface area contributed by atoms with Gasteiger partial charge in [-0.15, -0.1) is 0 Å². The normalized spacial score (nSPS) is 19.4. The van der Waals surface area contributed by atoms with E-state index >= 15 is 0 Å². The second-order valence-corrected chi connectivity index (χ2v) is 9.70. The lowest BCUT2D eigenvalue weighted by Crippen LogP contribution is -2.43. The number of piperidine rings is 1. The van der Waals surface area contributed by atoms with E-state index < -0.39 is 0 Å². The average molecular weight is 421 g/mol. The van der Waals surface area contributed by atoms with Gasteiger partial charge in [-0.25, -0.2) is 0 Å². The van der Waals surface area contributed by atoms with Gasteiger partial charge in [-0.05, 0) is 72.2 Å². The number of likely N-dealkylation sites (tertiary alicyclic amines) is 1. The van der Waals surface area contributed by atoms with Crippen molar-refractivity contribution in [2.24, 2.45) is 0 Å². The molecule has 2 heteroatoms. The zero-order valence-corrected chi connectivity index (χ0v) is 18.8. The lowest BCUT2D eigenvalue weighted by atomic mass is 9.74. The van der Waals surface area contributed by atoms with Crippen LogP contribution in [0.3, 0.4) is 0 Å². The van der Waals surface area contributed by atoms with Crippen LogP contribution in [0.25, 0.3) is 6.08 Å². The molecule has 1 N–H and O–H groups in total. The number of fused-ring (bicyclic) bond motifs is 4. The van der Waals surface area contributed by atoms with Crippen LogP contribution in [-0.2, 0) is 18.3 Å². The summed E-state index contributed by atoms with van der Waals surface area (Å²) in [5.74, 6) is 0. The molecule has 6 rings (SSSR count). The molecule has 0 bridgehead atoms. The van der Waals surface area contributed by atoms with Gasteiger partial charge < -0.3 is 10.2 Å². The fraction of sp³-hybridized carbons (Fsp3) is 0.333. The summed E-state index contributed by atoms with van der Waals surface area (Å²) in [6.07, 6.45) is 9.55. The minimum absolute atomic E-state index is 0.277. The van der Waals surface area contributed by atoms with Gasteiger partial charge in [0.15, 0.2) is 0 Å². The molecular weight excluding hydrogens is 388 g/mol. The maximum absolute atomic E-state index is 3.94. The molecule has 1 saturated heterocycles. The highest BCUT2D eigenvalue weighted by molar-refractivity contribution is 5.65. The Morgan fingerprint density at radius 3 is 2.12 bits per heavy atom. The van der Waals surface area contributed by atoms with Crippen LogP contribution >= 0.6 is 0 Å². The van der Waals surface area contributed by atoms with Crippen molar-refractivity contribution in [1.29, 1.82) is 0 Å². The Morgan fingerprint density at radius 2 is 1.41 bits per heavy atom. The molecule has 0 unspecified atom stereocenters. The molecule has 2 nitrogen and oxygen atoms in total. The monoisotopic (exact) mass is 420 g/mol. The Bertz CT molecular complexity index is 1090. The Morgan fingerprint density at radius 1 is 0.781 bits per heavy atom. The van der Waals surface area contributed by atoms with Crippen molar-refractivity contribution in [1.82, 2.24) is 10.2 Å². The lowest BCUT2D eigenvalue weighted by Gasteiger charge is -2.39. The van der Waals surface area contributed by atoms with Crippen LogP contribution in [0.5, 0.6) is 0 Å². The zero-order chi connectivity index (χ0) is 21.4. The molecule has 1 aliphatic heterocycles. The van der Waals surface area contributed by atoms with Gasteiger partial charge in [0.25, 0.3) is 0 Å². The van der Waals surface area contributed by atoms with Crippen molar-refractivity contribution in [3.8, 4) is 0 Å². The summed E-state index contributed by atoms with van der Waals surface area (Å²) in [6.45, 7) is 4.49. The second-order valence-electron chi connectivity index (χ2n) is 9.70. The van der Waals surface area contributed by atoms with Gasteiger partial charge >= 0.3 is 0 Å². The fourth-order valence-corrected chi connectivity index (χ4v) is 6.16. The molecule has 0 amide bonds. The lowest BCUT2D eigenvalue weighted by molar-refractivity contribution is 0.184. The van der Waals surface area contributed by atoms with E-state index in [9.17, 15) is 0 Å². The van der Waals surface area contributed by atoms with Crippen LogP contribution in [-0.4, -0.2) is 31.1 Å². The van der Waals surface area contributed by atoms with Crippen LogP contribution in [0.2, 0.25) is 0 Å². The molecule has 0 saturated carbocycles. The Hall–Kier alpha value is -2.68. The standard InChI is InChI=1S/C30H32N2/c1-4-10-26-23(7-1)13-14-24-8-2-5-11-27(24)29(26)31-19-22-32-20-17-30(18-21-32)16-15-25-9-3-6-12-28(25)30/h1-12,15-16,29,31H,13-14,17-22H2. The smallest absolute Gasteiger partial charge is 0.0582 e. The number of allylic oxidation sites excluding steroid dienone is 1. The Labute approximate surface area is 192 Å². The van der Waals surface area contributed by atoms with Gasteiger partial charge in [0.05, 0.1) is 6.04 Å². The molecular formula is C30H32N2. The summed E-state index contributed by atoms with van der Waals surface area (Å²) in [7, 11) is 0. The summed E-state index contributed by atoms with van der Waals surface area (Å²) in [5.41, 5.74) is 9.16. The molecule has 3 aliphatic rings. The Balaban J connectivity index is 1.12. The van der Waals surface area contributed by atoms with Crippen molar-refractivity contribution < 1.29 is 0 Å². The first-order chi connectivity index (χ1) is 15.8. The van der Waals surface area contributed by atoms with E-state index in [1.54, 1.807) is 5.56 Å². The molecule has 3 aromatic carbocycles. The van der Waals surface area contributed by atoms with E-state index in [1.807, 2.05) is 0 Å². The highest BCUT2D eigenvalue weighted by Gasteiger charge is 2.37. The molecule has 1 fully saturated rings. The maximum atomic E-state index is 3.94. The quantitative estimate of drug-likeness (QED) is 0.597. The predicted molar refractivity (Wildman–Crippen MR) is 133 cm³/mol. The molecule has 1 heterocycles. The largest absolute Gasteiger partial charge is 0.305 e. The van der Waals surface area contributed by atoms with Crippen LogP contribution in [0, 0.1) is 0 Å². The van der Waals surface area contributed by atoms with E-state index in [0.717, 1.165) is 25.9 Å². The number of nitrogens with one attached hydrogen (secondary N) is 1. The first-order valence-electron chi connectivity index (χ1n) is 12.2. The Kier molecular flexibility index (Phi) is 5.21. The topological polar surface area (TPSA) is 15.3 Å². The van der Waals surface area contributed by atoms with E-state index in [4.69, 9.17) is 0 Å². The molecule has 0 radical (unpaired) electrons. The van der Waals surface area contributed by atoms with Crippen LogP contribution in [0.15, 0.2) is 78.9 Å². The molecule has 32 heavy (non-hydrogen) atoms. The minimum Gasteiger partial charge on any atom is -0.305 e. The van der Waals surface area contributed by atoms with Crippen molar-refractivity contribution in [3.05, 3.63) is 112 Å². The highest BCUT2D eigenvalue weighted by Crippen LogP contribution is 2.43. The molecule has 0 aromatic heterocycles. The number of aryl methyl sites for hydroxylation is 2. The van der Waals surface area contributed by atoms with Crippen molar-refractivity contribution in [2.75, 3.05) is 26.2 Å². The summed E-state index contributed by atoms with van der Waals surface area (Å²) >= 11 is 0. The maximum Gasteiger partial charge on any atom is 0.0582 e. The zero-order valence-electron chi connectivity index (χ0n) is 18.8. The number of nitrogens with zero attached hydrogens (tertiary/aromatic N) is 1. The predicted octanol–water partition coefficient (Wildman–Crippen LogP) is 5.52. The minimum atomic E-state index is 0.277.